The molecule has 0 saturated heterocycles. The molecular weight excluding hydrogens is 274 g/mol. The highest BCUT2D eigenvalue weighted by atomic mass is 32.1. The average Bonchev–Trinajstić information content (AvgIpc) is 2.85. The molecule has 0 fully saturated rings. The van der Waals surface area contributed by atoms with Crippen molar-refractivity contribution in [2.75, 3.05) is 5.73 Å². The number of nitrogens with two attached hydrogens (primary N) is 1. The lowest BCUT2D eigenvalue weighted by atomic mass is 10.4. The molecule has 4 aromatic heterocycles. The molecule has 0 amide bonds. The van der Waals surface area contributed by atoms with Crippen molar-refractivity contribution in [3.8, 4) is 0 Å². The van der Waals surface area contributed by atoms with E-state index >= 15 is 0 Å². The molecule has 0 radical (unpaired) electrons. The van der Waals surface area contributed by atoms with E-state index in [1.165, 1.54) is 33.1 Å². The molecule has 0 spiro atoms. The van der Waals surface area contributed by atoms with Crippen molar-refractivity contribution in [3.05, 3.63) is 17.0 Å². The van der Waals surface area contributed by atoms with Gasteiger partial charge in [-0.2, -0.15) is 0 Å². The molecule has 2 N–H and O–H groups in total. The van der Waals surface area contributed by atoms with Crippen LogP contribution in [-0.2, 0) is 0 Å². The van der Waals surface area contributed by atoms with Crippen molar-refractivity contribution >= 4 is 78.5 Å². The minimum absolute atomic E-state index is 0.927. The van der Waals surface area contributed by atoms with E-state index in [0.717, 1.165) is 5.00 Å². The van der Waals surface area contributed by atoms with Crippen LogP contribution < -0.4 is 5.73 Å². The summed E-state index contributed by atoms with van der Waals surface area (Å²) in [7, 11) is 0. The maximum Gasteiger partial charge on any atom is 0.0877 e. The Balaban J connectivity index is 2.28. The first kappa shape index (κ1) is 9.41. The fourth-order valence-corrected chi connectivity index (χ4v) is 7.29. The molecule has 4 aromatic rings. The van der Waals surface area contributed by atoms with E-state index in [2.05, 4.69) is 19.1 Å². The number of nitrogen functional groups attached to an aromatic ring is 1. The molecule has 0 aromatic carbocycles. The van der Waals surface area contributed by atoms with Gasteiger partial charge in [-0.05, 0) is 19.1 Å². The van der Waals surface area contributed by atoms with E-state index in [1.807, 2.05) is 34.0 Å². The highest BCUT2D eigenvalue weighted by Crippen LogP contribution is 2.49. The third-order valence-corrected chi connectivity index (χ3v) is 7.59. The second kappa shape index (κ2) is 2.98. The Labute approximate surface area is 108 Å². The van der Waals surface area contributed by atoms with Gasteiger partial charge in [0.15, 0.2) is 0 Å². The number of rotatable bonds is 0. The topological polar surface area (TPSA) is 26.0 Å². The summed E-state index contributed by atoms with van der Waals surface area (Å²) in [5.41, 5.74) is 5.85. The molecule has 4 rings (SSSR count). The van der Waals surface area contributed by atoms with Crippen LogP contribution >= 0.6 is 45.3 Å². The van der Waals surface area contributed by atoms with Crippen LogP contribution in [0.2, 0.25) is 0 Å². The third kappa shape index (κ3) is 1.09. The van der Waals surface area contributed by atoms with E-state index < -0.39 is 0 Å². The number of aryl methyl sites for hydroxylation is 1. The molecule has 0 aliphatic heterocycles. The molecule has 0 bridgehead atoms. The van der Waals surface area contributed by atoms with Gasteiger partial charge in [-0.1, -0.05) is 0 Å². The Morgan fingerprint density at radius 1 is 0.812 bits per heavy atom. The molecule has 0 aliphatic rings. The molecule has 80 valence electrons. The Bertz CT molecular complexity index is 756. The van der Waals surface area contributed by atoms with E-state index in [1.54, 1.807) is 11.3 Å². The molecule has 0 atom stereocenters. The van der Waals surface area contributed by atoms with E-state index in [0.29, 0.717) is 0 Å². The molecule has 0 unspecified atom stereocenters. The standard InChI is InChI=1S/C11H7NS4/c1-4-2-5-8(13-4)10-11(14-5)9-6(15-10)3-7(12)16-9/h2-3H,12H2,1H3. The first-order chi connectivity index (χ1) is 7.72. The zero-order valence-electron chi connectivity index (χ0n) is 8.37. The van der Waals surface area contributed by atoms with Crippen molar-refractivity contribution < 1.29 is 0 Å². The summed E-state index contributed by atoms with van der Waals surface area (Å²) in [6.45, 7) is 2.18. The summed E-state index contributed by atoms with van der Waals surface area (Å²) < 4.78 is 8.50. The van der Waals surface area contributed by atoms with Crippen molar-refractivity contribution in [2.45, 2.75) is 6.92 Å². The van der Waals surface area contributed by atoms with Crippen LogP contribution in [0.4, 0.5) is 5.00 Å². The predicted octanol–water partition coefficient (Wildman–Crippen LogP) is 5.28. The second-order valence-electron chi connectivity index (χ2n) is 3.75. The van der Waals surface area contributed by atoms with Crippen LogP contribution in [0.5, 0.6) is 0 Å². The van der Waals surface area contributed by atoms with E-state index in [9.17, 15) is 0 Å². The number of hydrogen-bond donors (Lipinski definition) is 1. The Kier molecular flexibility index (Phi) is 1.75. The van der Waals surface area contributed by atoms with Crippen LogP contribution in [0.15, 0.2) is 12.1 Å². The van der Waals surface area contributed by atoms with Gasteiger partial charge >= 0.3 is 0 Å². The molecule has 16 heavy (non-hydrogen) atoms. The van der Waals surface area contributed by atoms with Crippen molar-refractivity contribution in [1.29, 1.82) is 0 Å². The average molecular weight is 281 g/mol. The zero-order valence-corrected chi connectivity index (χ0v) is 11.6. The smallest absolute Gasteiger partial charge is 0.0877 e. The van der Waals surface area contributed by atoms with Crippen LogP contribution in [0.25, 0.3) is 28.2 Å². The maximum atomic E-state index is 5.85. The normalized spacial score (nSPS) is 12.3. The highest BCUT2D eigenvalue weighted by Gasteiger charge is 2.15. The summed E-state index contributed by atoms with van der Waals surface area (Å²) in [6.07, 6.45) is 0. The SMILES string of the molecule is Cc1cc2sc3c4sc(N)cc4sc3c2s1. The molecule has 4 heterocycles. The van der Waals surface area contributed by atoms with Gasteiger partial charge in [0.2, 0.25) is 0 Å². The molecule has 0 aliphatic carbocycles. The minimum Gasteiger partial charge on any atom is -0.391 e. The van der Waals surface area contributed by atoms with Crippen molar-refractivity contribution in [3.63, 3.8) is 0 Å². The van der Waals surface area contributed by atoms with Crippen LogP contribution in [0, 0.1) is 6.92 Å². The lowest BCUT2D eigenvalue weighted by Gasteiger charge is -1.79. The van der Waals surface area contributed by atoms with Gasteiger partial charge in [0.25, 0.3) is 0 Å². The van der Waals surface area contributed by atoms with Crippen LogP contribution in [0.3, 0.4) is 0 Å². The fourth-order valence-electron chi connectivity index (χ4n) is 1.96. The molecule has 1 nitrogen and oxygen atoms in total. The first-order valence-corrected chi connectivity index (χ1v) is 8.09. The number of fused-ring (bicyclic) bond motifs is 5. The number of hydrogen-bond acceptors (Lipinski definition) is 5. The Morgan fingerprint density at radius 3 is 2.19 bits per heavy atom. The molecular formula is C11H7NS4. The third-order valence-electron chi connectivity index (χ3n) is 2.58. The van der Waals surface area contributed by atoms with Gasteiger partial charge in [-0.3, -0.25) is 0 Å². The summed E-state index contributed by atoms with van der Waals surface area (Å²) in [5.74, 6) is 0. The monoisotopic (exact) mass is 281 g/mol. The van der Waals surface area contributed by atoms with E-state index in [-0.39, 0.29) is 0 Å². The van der Waals surface area contributed by atoms with Gasteiger partial charge in [0, 0.05) is 14.3 Å². The second-order valence-corrected chi connectivity index (χ2v) is 8.20. The summed E-state index contributed by atoms with van der Waals surface area (Å²) >= 11 is 7.41. The van der Waals surface area contributed by atoms with Gasteiger partial charge in [-0.15, -0.1) is 45.3 Å². The fraction of sp³-hybridized carbons (Fsp3) is 0.0909. The Hall–Kier alpha value is -0.620. The number of anilines is 1. The first-order valence-electron chi connectivity index (χ1n) is 4.83. The Morgan fingerprint density at radius 2 is 1.44 bits per heavy atom. The van der Waals surface area contributed by atoms with Gasteiger partial charge in [0.1, 0.15) is 0 Å². The number of thiophene rings is 4. The van der Waals surface area contributed by atoms with Crippen LogP contribution in [0.1, 0.15) is 4.88 Å². The quantitative estimate of drug-likeness (QED) is 0.466. The van der Waals surface area contributed by atoms with Gasteiger partial charge in [-0.25, -0.2) is 0 Å². The minimum atomic E-state index is 0.927. The summed E-state index contributed by atoms with van der Waals surface area (Å²) in [4.78, 5) is 1.40. The lowest BCUT2D eigenvalue weighted by molar-refractivity contribution is 1.66. The molecule has 5 heteroatoms. The van der Waals surface area contributed by atoms with Gasteiger partial charge < -0.3 is 5.73 Å². The van der Waals surface area contributed by atoms with Crippen molar-refractivity contribution in [2.24, 2.45) is 0 Å². The van der Waals surface area contributed by atoms with Crippen LogP contribution in [-0.4, -0.2) is 0 Å². The highest BCUT2D eigenvalue weighted by molar-refractivity contribution is 7.44. The van der Waals surface area contributed by atoms with Gasteiger partial charge in [0.05, 0.1) is 23.8 Å². The zero-order chi connectivity index (χ0) is 10.9. The molecule has 0 saturated carbocycles. The summed E-state index contributed by atoms with van der Waals surface area (Å²) in [6, 6.07) is 4.39. The lowest BCUT2D eigenvalue weighted by Crippen LogP contribution is -1.72. The maximum absolute atomic E-state index is 5.85. The summed E-state index contributed by atoms with van der Waals surface area (Å²) in [5, 5.41) is 0.927. The van der Waals surface area contributed by atoms with E-state index in [4.69, 9.17) is 5.73 Å². The largest absolute Gasteiger partial charge is 0.391 e. The van der Waals surface area contributed by atoms with Crippen molar-refractivity contribution in [1.82, 2.24) is 0 Å². The predicted molar refractivity (Wildman–Crippen MR) is 79.6 cm³/mol.